The maximum atomic E-state index is 11.9. The SMILES string of the molecule is CCOP(=O)(C/C=C/CCBr)OCC. The van der Waals surface area contributed by atoms with E-state index in [1.807, 2.05) is 26.0 Å². The minimum absolute atomic E-state index is 0.363. The highest BCUT2D eigenvalue weighted by atomic mass is 79.9. The van der Waals surface area contributed by atoms with Crippen molar-refractivity contribution in [1.82, 2.24) is 0 Å². The number of hydrogen-bond acceptors (Lipinski definition) is 3. The number of halogens is 1. The van der Waals surface area contributed by atoms with Gasteiger partial charge >= 0.3 is 7.60 Å². The molecule has 0 atom stereocenters. The molecule has 0 aromatic rings. The predicted octanol–water partition coefficient (Wildman–Crippen LogP) is 3.59. The van der Waals surface area contributed by atoms with Crippen molar-refractivity contribution in [3.8, 4) is 0 Å². The van der Waals surface area contributed by atoms with Crippen LogP contribution in [0.1, 0.15) is 20.3 Å². The van der Waals surface area contributed by atoms with Gasteiger partial charge in [0.05, 0.1) is 19.4 Å². The van der Waals surface area contributed by atoms with Gasteiger partial charge in [-0.05, 0) is 20.3 Å². The van der Waals surface area contributed by atoms with E-state index in [1.54, 1.807) is 0 Å². The normalized spacial score (nSPS) is 12.5. The topological polar surface area (TPSA) is 35.5 Å². The van der Waals surface area contributed by atoms with Crippen LogP contribution >= 0.6 is 23.5 Å². The molecular weight excluding hydrogens is 267 g/mol. The smallest absolute Gasteiger partial charge is 0.309 e. The number of rotatable bonds is 8. The van der Waals surface area contributed by atoms with Gasteiger partial charge in [0, 0.05) is 5.33 Å². The molecule has 0 fully saturated rings. The third-order valence-electron chi connectivity index (χ3n) is 1.42. The molecule has 0 N–H and O–H groups in total. The molecule has 0 saturated carbocycles. The van der Waals surface area contributed by atoms with Gasteiger partial charge in [-0.15, -0.1) is 0 Å². The van der Waals surface area contributed by atoms with Gasteiger partial charge in [-0.25, -0.2) is 0 Å². The Bertz CT molecular complexity index is 196. The lowest BCUT2D eigenvalue weighted by Crippen LogP contribution is -1.98. The van der Waals surface area contributed by atoms with Crippen LogP contribution in [0, 0.1) is 0 Å². The van der Waals surface area contributed by atoms with Crippen LogP contribution in [0.2, 0.25) is 0 Å². The molecule has 0 unspecified atom stereocenters. The molecule has 0 amide bonds. The van der Waals surface area contributed by atoms with E-state index in [-0.39, 0.29) is 0 Å². The van der Waals surface area contributed by atoms with Crippen LogP contribution in [0.15, 0.2) is 12.2 Å². The molecule has 0 saturated heterocycles. The minimum atomic E-state index is -2.86. The number of hydrogen-bond donors (Lipinski definition) is 0. The molecule has 0 bridgehead atoms. The summed E-state index contributed by atoms with van der Waals surface area (Å²) in [4.78, 5) is 0. The number of allylic oxidation sites excluding steroid dienone is 2. The molecule has 0 spiro atoms. The molecule has 3 nitrogen and oxygen atoms in total. The Labute approximate surface area is 94.5 Å². The highest BCUT2D eigenvalue weighted by Crippen LogP contribution is 2.47. The van der Waals surface area contributed by atoms with Gasteiger partial charge < -0.3 is 9.05 Å². The largest absolute Gasteiger partial charge is 0.334 e. The zero-order valence-corrected chi connectivity index (χ0v) is 11.2. The summed E-state index contributed by atoms with van der Waals surface area (Å²) in [6.07, 6.45) is 5.12. The van der Waals surface area contributed by atoms with E-state index in [0.717, 1.165) is 11.8 Å². The van der Waals surface area contributed by atoms with Gasteiger partial charge in [-0.1, -0.05) is 28.1 Å². The van der Waals surface area contributed by atoms with Crippen LogP contribution in [-0.2, 0) is 13.6 Å². The van der Waals surface area contributed by atoms with Crippen LogP contribution in [0.5, 0.6) is 0 Å². The second-order valence-corrected chi connectivity index (χ2v) is 5.47. The van der Waals surface area contributed by atoms with E-state index >= 15 is 0 Å². The maximum absolute atomic E-state index is 11.9. The average molecular weight is 285 g/mol. The van der Waals surface area contributed by atoms with Crippen molar-refractivity contribution in [1.29, 1.82) is 0 Å². The fourth-order valence-electron chi connectivity index (χ4n) is 0.921. The highest BCUT2D eigenvalue weighted by molar-refractivity contribution is 9.09. The molecule has 84 valence electrons. The monoisotopic (exact) mass is 284 g/mol. The first kappa shape index (κ1) is 14.4. The zero-order chi connectivity index (χ0) is 10.9. The lowest BCUT2D eigenvalue weighted by Gasteiger charge is -2.14. The van der Waals surface area contributed by atoms with Crippen molar-refractivity contribution in [2.45, 2.75) is 20.3 Å². The quantitative estimate of drug-likeness (QED) is 0.388. The van der Waals surface area contributed by atoms with Gasteiger partial charge in [-0.2, -0.15) is 0 Å². The molecular formula is C9H18BrO3P. The van der Waals surface area contributed by atoms with E-state index in [0.29, 0.717) is 19.4 Å². The van der Waals surface area contributed by atoms with E-state index in [2.05, 4.69) is 15.9 Å². The molecule has 0 aliphatic carbocycles. The molecule has 14 heavy (non-hydrogen) atoms. The Balaban J connectivity index is 4.01. The van der Waals surface area contributed by atoms with E-state index in [1.165, 1.54) is 0 Å². The van der Waals surface area contributed by atoms with Crippen molar-refractivity contribution in [2.24, 2.45) is 0 Å². The lowest BCUT2D eigenvalue weighted by molar-refractivity contribution is 0.222. The number of alkyl halides is 1. The second kappa shape index (κ2) is 8.66. The second-order valence-electron chi connectivity index (χ2n) is 2.58. The fraction of sp³-hybridized carbons (Fsp3) is 0.778. The zero-order valence-electron chi connectivity index (χ0n) is 8.74. The van der Waals surface area contributed by atoms with Gasteiger partial charge in [0.2, 0.25) is 0 Å². The first-order valence-electron chi connectivity index (χ1n) is 4.77. The fourth-order valence-corrected chi connectivity index (χ4v) is 2.66. The predicted molar refractivity (Wildman–Crippen MR) is 63.3 cm³/mol. The molecule has 0 aliphatic rings. The third kappa shape index (κ3) is 6.77. The lowest BCUT2D eigenvalue weighted by atomic mass is 10.4. The van der Waals surface area contributed by atoms with Gasteiger partial charge in [0.1, 0.15) is 0 Å². The van der Waals surface area contributed by atoms with Crippen molar-refractivity contribution < 1.29 is 13.6 Å². The van der Waals surface area contributed by atoms with Crippen LogP contribution in [-0.4, -0.2) is 24.7 Å². The summed E-state index contributed by atoms with van der Waals surface area (Å²) >= 11 is 3.31. The van der Waals surface area contributed by atoms with Crippen LogP contribution < -0.4 is 0 Å². The van der Waals surface area contributed by atoms with Crippen molar-refractivity contribution >= 4 is 23.5 Å². The van der Waals surface area contributed by atoms with Gasteiger partial charge in [-0.3, -0.25) is 4.57 Å². The van der Waals surface area contributed by atoms with Gasteiger partial charge in [0.15, 0.2) is 0 Å². The Morgan fingerprint density at radius 1 is 1.21 bits per heavy atom. The summed E-state index contributed by atoms with van der Waals surface area (Å²) in [6, 6.07) is 0. The van der Waals surface area contributed by atoms with Crippen molar-refractivity contribution in [3.63, 3.8) is 0 Å². The summed E-state index contributed by atoms with van der Waals surface area (Å²) in [5, 5.41) is 0.914. The molecule has 0 aliphatic heterocycles. The van der Waals surface area contributed by atoms with Gasteiger partial charge in [0.25, 0.3) is 0 Å². The summed E-state index contributed by atoms with van der Waals surface area (Å²) in [5.41, 5.74) is 0. The Kier molecular flexibility index (Phi) is 8.89. The average Bonchev–Trinajstić information content (AvgIpc) is 2.13. The summed E-state index contributed by atoms with van der Waals surface area (Å²) in [5.74, 6) is 0. The summed E-state index contributed by atoms with van der Waals surface area (Å²) in [6.45, 7) is 4.47. The van der Waals surface area contributed by atoms with E-state index in [9.17, 15) is 4.57 Å². The molecule has 0 heterocycles. The molecule has 0 rings (SSSR count). The van der Waals surface area contributed by atoms with Crippen LogP contribution in [0.25, 0.3) is 0 Å². The summed E-state index contributed by atoms with van der Waals surface area (Å²) < 4.78 is 22.1. The third-order valence-corrected chi connectivity index (χ3v) is 3.84. The molecule has 0 aromatic carbocycles. The first-order valence-corrected chi connectivity index (χ1v) is 7.62. The standard InChI is InChI=1S/C9H18BrO3P/c1-3-12-14(11,13-4-2)9-7-5-6-8-10/h5,7H,3-4,6,8-9H2,1-2H3/b7-5+. The Hall–Kier alpha value is 0.370. The molecule has 0 radical (unpaired) electrons. The van der Waals surface area contributed by atoms with Crippen LogP contribution in [0.4, 0.5) is 0 Å². The van der Waals surface area contributed by atoms with E-state index < -0.39 is 7.60 Å². The highest BCUT2D eigenvalue weighted by Gasteiger charge is 2.20. The minimum Gasteiger partial charge on any atom is -0.309 e. The molecule has 5 heteroatoms. The molecule has 0 aromatic heterocycles. The maximum Gasteiger partial charge on any atom is 0.334 e. The van der Waals surface area contributed by atoms with Crippen molar-refractivity contribution in [2.75, 3.05) is 24.7 Å². The van der Waals surface area contributed by atoms with Crippen molar-refractivity contribution in [3.05, 3.63) is 12.2 Å². The first-order chi connectivity index (χ1) is 6.68. The van der Waals surface area contributed by atoms with Crippen LogP contribution in [0.3, 0.4) is 0 Å². The Morgan fingerprint density at radius 3 is 2.21 bits per heavy atom. The Morgan fingerprint density at radius 2 is 1.79 bits per heavy atom. The summed E-state index contributed by atoms with van der Waals surface area (Å²) in [7, 11) is -2.86. The van der Waals surface area contributed by atoms with E-state index in [4.69, 9.17) is 9.05 Å².